The molecule has 0 aliphatic rings. The van der Waals surface area contributed by atoms with Gasteiger partial charge in [0.2, 0.25) is 0 Å². The van der Waals surface area contributed by atoms with E-state index in [0.29, 0.717) is 23.7 Å². The molecule has 0 atom stereocenters. The first kappa shape index (κ1) is 45.6. The van der Waals surface area contributed by atoms with Gasteiger partial charge in [0, 0.05) is 11.8 Å². The minimum Gasteiger partial charge on any atom is -1.00 e. The molecule has 53 heavy (non-hydrogen) atoms. The molecule has 0 unspecified atom stereocenters. The Balaban J connectivity index is 0.00000324. The summed E-state index contributed by atoms with van der Waals surface area (Å²) in [6.45, 7) is 18.1. The van der Waals surface area contributed by atoms with Crippen molar-refractivity contribution in [2.24, 2.45) is 9.98 Å². The van der Waals surface area contributed by atoms with Crippen LogP contribution in [0, 0.1) is 0 Å². The maximum absolute atomic E-state index is 5.67. The van der Waals surface area contributed by atoms with Crippen molar-refractivity contribution in [3.63, 3.8) is 0 Å². The molecule has 0 N–H and O–H groups in total. The summed E-state index contributed by atoms with van der Waals surface area (Å²) < 4.78 is 0. The molecule has 0 saturated heterocycles. The number of hydrogen-bond acceptors (Lipinski definition) is 3. The van der Waals surface area contributed by atoms with E-state index >= 15 is 0 Å². The normalized spacial score (nSPS) is 11.8. The van der Waals surface area contributed by atoms with E-state index in [4.69, 9.17) is 15.0 Å². The van der Waals surface area contributed by atoms with Gasteiger partial charge in [0.15, 0.2) is 0 Å². The van der Waals surface area contributed by atoms with Crippen LogP contribution in [0.5, 0.6) is 0 Å². The third-order valence-corrected chi connectivity index (χ3v) is 9.56. The fraction of sp³-hybridized carbons (Fsp3) is 0.340. The van der Waals surface area contributed by atoms with Gasteiger partial charge in [-0.2, -0.15) is 0 Å². The fourth-order valence-corrected chi connectivity index (χ4v) is 6.71. The van der Waals surface area contributed by atoms with Crippen molar-refractivity contribution in [1.82, 2.24) is 4.98 Å². The second-order valence-electron chi connectivity index (χ2n) is 14.7. The average molecular weight is 789 g/mol. The standard InChI is InChI=1S/C47H55N3.2ClH.Fe/c1-32(2)38-22-15-23-39(33(3)4)45(38)49-43(29-27-36-18-11-9-12-19-36)42-26-17-31-48-47(42)44(30-28-37-20-13-10-14-21-37)50-46-40(34(5)6)24-16-25-41(46)35(7)8;;;/h9-26,31-35H,27-30H2,1-8H3;2*1H;/q;;;+2/p-2. The predicted octanol–water partition coefficient (Wildman–Crippen LogP) is 7.09. The number of aryl methyl sites for hydroxylation is 2. The quantitative estimate of drug-likeness (QED) is 0.0876. The van der Waals surface area contributed by atoms with Gasteiger partial charge in [0.05, 0.1) is 28.5 Å². The first-order chi connectivity index (χ1) is 24.1. The van der Waals surface area contributed by atoms with E-state index in [1.54, 1.807) is 0 Å². The Morgan fingerprint density at radius 1 is 0.472 bits per heavy atom. The largest absolute Gasteiger partial charge is 2.00 e. The number of hydrogen-bond donors (Lipinski definition) is 0. The Morgan fingerprint density at radius 2 is 0.849 bits per heavy atom. The molecule has 1 heterocycles. The first-order valence-corrected chi connectivity index (χ1v) is 18.6. The van der Waals surface area contributed by atoms with Crippen molar-refractivity contribution >= 4 is 22.8 Å². The molecule has 280 valence electrons. The first-order valence-electron chi connectivity index (χ1n) is 18.6. The van der Waals surface area contributed by atoms with Crippen LogP contribution in [0.4, 0.5) is 11.4 Å². The Kier molecular flexibility index (Phi) is 18.9. The zero-order chi connectivity index (χ0) is 35.6. The fourth-order valence-electron chi connectivity index (χ4n) is 6.71. The van der Waals surface area contributed by atoms with Crippen LogP contribution in [-0.4, -0.2) is 16.4 Å². The second kappa shape index (κ2) is 22.0. The summed E-state index contributed by atoms with van der Waals surface area (Å²) in [6.07, 6.45) is 5.24. The second-order valence-corrected chi connectivity index (χ2v) is 14.7. The summed E-state index contributed by atoms with van der Waals surface area (Å²) in [5, 5.41) is 0. The van der Waals surface area contributed by atoms with Gasteiger partial charge in [-0.25, -0.2) is 0 Å². The minimum atomic E-state index is 0. The van der Waals surface area contributed by atoms with Crippen LogP contribution in [-0.2, 0) is 29.9 Å². The van der Waals surface area contributed by atoms with E-state index in [0.717, 1.165) is 59.7 Å². The van der Waals surface area contributed by atoms with E-state index in [1.165, 1.54) is 33.4 Å². The van der Waals surface area contributed by atoms with Crippen molar-refractivity contribution < 1.29 is 41.9 Å². The van der Waals surface area contributed by atoms with Crippen molar-refractivity contribution in [2.75, 3.05) is 0 Å². The van der Waals surface area contributed by atoms with Crippen LogP contribution in [0.1, 0.15) is 137 Å². The van der Waals surface area contributed by atoms with Crippen LogP contribution in [0.15, 0.2) is 125 Å². The van der Waals surface area contributed by atoms with Crippen molar-refractivity contribution in [2.45, 2.75) is 105 Å². The molecule has 0 aliphatic carbocycles. The molecule has 0 amide bonds. The number of aromatic nitrogens is 1. The van der Waals surface area contributed by atoms with Crippen molar-refractivity contribution in [1.29, 1.82) is 0 Å². The van der Waals surface area contributed by atoms with E-state index in [9.17, 15) is 0 Å². The smallest absolute Gasteiger partial charge is 1.00 e. The van der Waals surface area contributed by atoms with Gasteiger partial charge in [0.1, 0.15) is 0 Å². The van der Waals surface area contributed by atoms with E-state index < -0.39 is 0 Å². The summed E-state index contributed by atoms with van der Waals surface area (Å²) in [4.78, 5) is 16.5. The molecule has 3 nitrogen and oxygen atoms in total. The SMILES string of the molecule is CC(C)c1cccc(C(C)C)c1N=C(CCc1ccccc1)c1cccnc1C(CCc1ccccc1)=Nc1c(C(C)C)cccc1C(C)C.[Cl-].[Cl-].[Fe+2]. The molecule has 1 aromatic heterocycles. The zero-order valence-electron chi connectivity index (χ0n) is 32.6. The van der Waals surface area contributed by atoms with E-state index in [-0.39, 0.29) is 41.9 Å². The maximum Gasteiger partial charge on any atom is 2.00 e. The molecular formula is C47H55Cl2FeN3. The average Bonchev–Trinajstić information content (AvgIpc) is 3.12. The van der Waals surface area contributed by atoms with Gasteiger partial charge in [0.25, 0.3) is 0 Å². The van der Waals surface area contributed by atoms with Crippen LogP contribution in [0.2, 0.25) is 0 Å². The van der Waals surface area contributed by atoms with Gasteiger partial charge in [-0.1, -0.05) is 152 Å². The number of rotatable bonds is 14. The van der Waals surface area contributed by atoms with Crippen molar-refractivity contribution in [3.8, 4) is 0 Å². The molecule has 6 heteroatoms. The Bertz CT molecular complexity index is 1720. The molecule has 0 aliphatic heterocycles. The third kappa shape index (κ3) is 12.0. The summed E-state index contributed by atoms with van der Waals surface area (Å²) in [7, 11) is 0. The summed E-state index contributed by atoms with van der Waals surface area (Å²) in [6, 6.07) is 39.1. The Morgan fingerprint density at radius 3 is 1.25 bits per heavy atom. The number of halogens is 2. The van der Waals surface area contributed by atoms with Gasteiger partial charge < -0.3 is 24.8 Å². The number of nitrogens with zero attached hydrogens (tertiary/aromatic N) is 3. The van der Waals surface area contributed by atoms with Crippen molar-refractivity contribution in [3.05, 3.63) is 160 Å². The van der Waals surface area contributed by atoms with Crippen LogP contribution >= 0.6 is 0 Å². The van der Waals surface area contributed by atoms with E-state index in [1.807, 2.05) is 6.20 Å². The molecule has 4 aromatic carbocycles. The molecule has 0 spiro atoms. The minimum absolute atomic E-state index is 0. The van der Waals surface area contributed by atoms with E-state index in [2.05, 4.69) is 165 Å². The number of pyridine rings is 1. The summed E-state index contributed by atoms with van der Waals surface area (Å²) in [5.74, 6) is 1.38. The molecule has 0 bridgehead atoms. The molecular weight excluding hydrogens is 733 g/mol. The maximum atomic E-state index is 5.67. The molecule has 0 fully saturated rings. The van der Waals surface area contributed by atoms with Gasteiger partial charge in [-0.05, 0) is 94.9 Å². The topological polar surface area (TPSA) is 37.6 Å². The van der Waals surface area contributed by atoms with Gasteiger partial charge in [-0.15, -0.1) is 0 Å². The summed E-state index contributed by atoms with van der Waals surface area (Å²) in [5.41, 5.74) is 14.0. The van der Waals surface area contributed by atoms with Crippen LogP contribution in [0.3, 0.4) is 0 Å². The third-order valence-electron chi connectivity index (χ3n) is 9.56. The summed E-state index contributed by atoms with van der Waals surface area (Å²) >= 11 is 0. The molecule has 5 rings (SSSR count). The number of benzene rings is 4. The Labute approximate surface area is 342 Å². The van der Waals surface area contributed by atoms with Crippen LogP contribution in [0.25, 0.3) is 0 Å². The van der Waals surface area contributed by atoms with Crippen LogP contribution < -0.4 is 24.8 Å². The molecule has 5 aromatic rings. The number of aliphatic imine (C=N–C) groups is 2. The zero-order valence-corrected chi connectivity index (χ0v) is 35.2. The van der Waals surface area contributed by atoms with Gasteiger partial charge >= 0.3 is 17.1 Å². The van der Waals surface area contributed by atoms with Gasteiger partial charge in [-0.3, -0.25) is 15.0 Å². The monoisotopic (exact) mass is 787 g/mol. The predicted molar refractivity (Wildman–Crippen MR) is 215 cm³/mol. The molecule has 0 saturated carbocycles. The number of para-hydroxylation sites is 2. The Hall–Kier alpha value is -3.53. The molecule has 0 radical (unpaired) electrons.